The number of hydrogen-bond donors (Lipinski definition) is 1. The molecule has 1 saturated heterocycles. The van der Waals surface area contributed by atoms with Crippen LogP contribution in [-0.2, 0) is 31.2 Å². The molecule has 2 fully saturated rings. The van der Waals surface area contributed by atoms with E-state index in [1.807, 2.05) is 6.07 Å². The predicted molar refractivity (Wildman–Crippen MR) is 106 cm³/mol. The highest BCUT2D eigenvalue weighted by molar-refractivity contribution is 7.88. The number of sulfonamides is 2. The Balaban J connectivity index is 1.56. The van der Waals surface area contributed by atoms with Gasteiger partial charge in [0.25, 0.3) is 0 Å². The van der Waals surface area contributed by atoms with E-state index in [9.17, 15) is 16.8 Å². The largest absolute Gasteiger partial charge is 0.339 e. The number of aromatic nitrogens is 2. The highest BCUT2D eigenvalue weighted by atomic mass is 32.2. The van der Waals surface area contributed by atoms with Gasteiger partial charge >= 0.3 is 0 Å². The molecule has 1 N–H and O–H groups in total. The van der Waals surface area contributed by atoms with E-state index in [2.05, 4.69) is 14.9 Å². The second-order valence-corrected chi connectivity index (χ2v) is 11.8. The van der Waals surface area contributed by atoms with Crippen LogP contribution in [0.15, 0.2) is 34.9 Å². The molecule has 1 aliphatic heterocycles. The van der Waals surface area contributed by atoms with Gasteiger partial charge in [-0.15, -0.1) is 0 Å². The Labute approximate surface area is 170 Å². The maximum atomic E-state index is 12.7. The van der Waals surface area contributed by atoms with Crippen molar-refractivity contribution < 1.29 is 21.4 Å². The van der Waals surface area contributed by atoms with Crippen molar-refractivity contribution in [3.05, 3.63) is 47.6 Å². The zero-order valence-corrected chi connectivity index (χ0v) is 17.9. The molecule has 2 heterocycles. The van der Waals surface area contributed by atoms with Crippen LogP contribution in [0.3, 0.4) is 0 Å². The third-order valence-electron chi connectivity index (χ3n) is 5.81. The van der Waals surface area contributed by atoms with Gasteiger partial charge in [0.05, 0.1) is 17.4 Å². The topological polar surface area (TPSA) is 122 Å². The SMILES string of the molecule is Cc1noc([C@]23C[C@H](NS(=O)(=O)Cc4ccccc4)C[C@H]2CN(S(C)(=O)=O)C3)n1. The van der Waals surface area contributed by atoms with E-state index in [4.69, 9.17) is 4.52 Å². The molecule has 1 aromatic carbocycles. The Hall–Kier alpha value is -1.82. The first kappa shape index (κ1) is 20.5. The normalized spacial score (nSPS) is 27.9. The lowest BCUT2D eigenvalue weighted by molar-refractivity contribution is 0.259. The van der Waals surface area contributed by atoms with E-state index in [1.165, 1.54) is 10.6 Å². The van der Waals surface area contributed by atoms with Gasteiger partial charge in [0.2, 0.25) is 25.9 Å². The van der Waals surface area contributed by atoms with Gasteiger partial charge in [0.15, 0.2) is 5.82 Å². The van der Waals surface area contributed by atoms with Gasteiger partial charge in [0, 0.05) is 19.1 Å². The molecule has 11 heteroatoms. The number of nitrogens with one attached hydrogen (secondary N) is 1. The van der Waals surface area contributed by atoms with Crippen LogP contribution in [-0.4, -0.2) is 56.7 Å². The predicted octanol–water partition coefficient (Wildman–Crippen LogP) is 0.789. The molecule has 0 radical (unpaired) electrons. The molecule has 0 unspecified atom stereocenters. The van der Waals surface area contributed by atoms with Crippen LogP contribution in [0.4, 0.5) is 0 Å². The smallest absolute Gasteiger partial charge is 0.234 e. The Morgan fingerprint density at radius 3 is 2.59 bits per heavy atom. The summed E-state index contributed by atoms with van der Waals surface area (Å²) in [6.45, 7) is 2.24. The van der Waals surface area contributed by atoms with E-state index in [-0.39, 0.29) is 24.3 Å². The fraction of sp³-hybridized carbons (Fsp3) is 0.556. The standard InChI is InChI=1S/C18H24N4O5S2/c1-13-19-17(27-20-13)18-9-16(8-15(18)10-22(12-18)28(2,23)24)21-29(25,26)11-14-6-4-3-5-7-14/h3-7,15-16,21H,8-12H2,1-2H3/t15-,16+,18-/m0/s1. The van der Waals surface area contributed by atoms with Crippen LogP contribution < -0.4 is 4.72 Å². The molecule has 1 aliphatic carbocycles. The van der Waals surface area contributed by atoms with Crippen molar-refractivity contribution in [1.29, 1.82) is 0 Å². The molecule has 0 bridgehead atoms. The summed E-state index contributed by atoms with van der Waals surface area (Å²) in [6, 6.07) is 8.67. The maximum absolute atomic E-state index is 12.7. The molecule has 9 nitrogen and oxygen atoms in total. The molecule has 2 aliphatic rings. The molecule has 1 saturated carbocycles. The number of rotatable bonds is 6. The molecule has 2 aromatic rings. The van der Waals surface area contributed by atoms with Crippen LogP contribution in [0, 0.1) is 12.8 Å². The zero-order valence-electron chi connectivity index (χ0n) is 16.3. The minimum atomic E-state index is -3.54. The van der Waals surface area contributed by atoms with E-state index < -0.39 is 25.5 Å². The zero-order chi connectivity index (χ0) is 20.9. The number of nitrogens with zero attached hydrogens (tertiary/aromatic N) is 3. The van der Waals surface area contributed by atoms with E-state index in [1.54, 1.807) is 31.2 Å². The summed E-state index contributed by atoms with van der Waals surface area (Å²) in [5.74, 6) is 0.661. The van der Waals surface area contributed by atoms with Crippen LogP contribution in [0.5, 0.6) is 0 Å². The average molecular weight is 441 g/mol. The Bertz CT molecular complexity index is 1100. The minimum absolute atomic E-state index is 0.0958. The van der Waals surface area contributed by atoms with Crippen molar-refractivity contribution in [2.24, 2.45) is 5.92 Å². The number of benzene rings is 1. The third-order valence-corrected chi connectivity index (χ3v) is 8.43. The van der Waals surface area contributed by atoms with Crippen molar-refractivity contribution in [2.45, 2.75) is 37.0 Å². The molecule has 158 valence electrons. The van der Waals surface area contributed by atoms with Crippen LogP contribution in [0.2, 0.25) is 0 Å². The average Bonchev–Trinajstić information content (AvgIpc) is 3.27. The van der Waals surface area contributed by atoms with E-state index in [0.29, 0.717) is 36.7 Å². The highest BCUT2D eigenvalue weighted by Crippen LogP contribution is 2.50. The van der Waals surface area contributed by atoms with Gasteiger partial charge in [-0.3, -0.25) is 0 Å². The number of aryl methyl sites for hydroxylation is 1. The van der Waals surface area contributed by atoms with E-state index in [0.717, 1.165) is 0 Å². The van der Waals surface area contributed by atoms with Crippen LogP contribution in [0.1, 0.15) is 30.1 Å². The lowest BCUT2D eigenvalue weighted by atomic mass is 9.80. The first-order valence-corrected chi connectivity index (χ1v) is 12.9. The summed E-state index contributed by atoms with van der Waals surface area (Å²) in [4.78, 5) is 4.36. The lowest BCUT2D eigenvalue weighted by Crippen LogP contribution is -2.39. The van der Waals surface area contributed by atoms with Gasteiger partial charge in [0.1, 0.15) is 0 Å². The molecule has 0 spiro atoms. The first-order valence-electron chi connectivity index (χ1n) is 9.37. The quantitative estimate of drug-likeness (QED) is 0.704. The summed E-state index contributed by atoms with van der Waals surface area (Å²) in [5, 5.41) is 3.87. The Morgan fingerprint density at radius 1 is 1.24 bits per heavy atom. The summed E-state index contributed by atoms with van der Waals surface area (Å²) in [5.41, 5.74) is 0.0354. The van der Waals surface area contributed by atoms with Crippen molar-refractivity contribution in [3.8, 4) is 0 Å². The number of hydrogen-bond acceptors (Lipinski definition) is 7. The van der Waals surface area contributed by atoms with Gasteiger partial charge in [-0.05, 0) is 31.2 Å². The molecule has 0 amide bonds. The van der Waals surface area contributed by atoms with Gasteiger partial charge in [-0.2, -0.15) is 4.98 Å². The monoisotopic (exact) mass is 440 g/mol. The fourth-order valence-electron chi connectivity index (χ4n) is 4.59. The molecular weight excluding hydrogens is 416 g/mol. The number of fused-ring (bicyclic) bond motifs is 1. The van der Waals surface area contributed by atoms with Gasteiger partial charge in [-0.25, -0.2) is 25.9 Å². The van der Waals surface area contributed by atoms with Crippen molar-refractivity contribution in [1.82, 2.24) is 19.2 Å². The molecular formula is C18H24N4O5S2. The van der Waals surface area contributed by atoms with Crippen molar-refractivity contribution in [2.75, 3.05) is 19.3 Å². The molecule has 3 atom stereocenters. The summed E-state index contributed by atoms with van der Waals surface area (Å²) in [6.07, 6.45) is 2.11. The summed E-state index contributed by atoms with van der Waals surface area (Å²) >= 11 is 0. The van der Waals surface area contributed by atoms with Crippen LogP contribution >= 0.6 is 0 Å². The van der Waals surface area contributed by atoms with Crippen molar-refractivity contribution >= 4 is 20.0 Å². The Kier molecular flexibility index (Phi) is 5.04. The molecule has 1 aromatic heterocycles. The second kappa shape index (κ2) is 7.15. The lowest BCUT2D eigenvalue weighted by Gasteiger charge is -2.24. The molecule has 29 heavy (non-hydrogen) atoms. The highest BCUT2D eigenvalue weighted by Gasteiger charge is 2.59. The fourth-order valence-corrected chi connectivity index (χ4v) is 6.90. The summed E-state index contributed by atoms with van der Waals surface area (Å²) < 4.78 is 59.2. The Morgan fingerprint density at radius 2 is 1.97 bits per heavy atom. The maximum Gasteiger partial charge on any atom is 0.234 e. The van der Waals surface area contributed by atoms with Crippen LogP contribution in [0.25, 0.3) is 0 Å². The summed E-state index contributed by atoms with van der Waals surface area (Å²) in [7, 11) is -6.92. The van der Waals surface area contributed by atoms with E-state index >= 15 is 0 Å². The van der Waals surface area contributed by atoms with Gasteiger partial charge in [-0.1, -0.05) is 35.5 Å². The van der Waals surface area contributed by atoms with Gasteiger partial charge < -0.3 is 4.52 Å². The first-order chi connectivity index (χ1) is 13.6. The minimum Gasteiger partial charge on any atom is -0.339 e. The molecule has 4 rings (SSSR count). The van der Waals surface area contributed by atoms with Crippen molar-refractivity contribution in [3.63, 3.8) is 0 Å². The second-order valence-electron chi connectivity index (χ2n) is 8.05. The third kappa shape index (κ3) is 4.09.